The van der Waals surface area contributed by atoms with Crippen molar-refractivity contribution in [1.29, 1.82) is 0 Å². The first-order chi connectivity index (χ1) is 7.27. The van der Waals surface area contributed by atoms with Gasteiger partial charge < -0.3 is 15.2 Å². The van der Waals surface area contributed by atoms with Crippen molar-refractivity contribution in [3.05, 3.63) is 0 Å². The third kappa shape index (κ3) is 2.77. The van der Waals surface area contributed by atoms with Crippen molar-refractivity contribution in [1.82, 2.24) is 0 Å². The molecule has 2 unspecified atom stereocenters. The Bertz CT molecular complexity index is 226. The van der Waals surface area contributed by atoms with Gasteiger partial charge in [0.15, 0.2) is 0 Å². The zero-order chi connectivity index (χ0) is 10.7. The largest absolute Gasteiger partial charge is 0.381 e. The minimum atomic E-state index is -0.0858. The number of rotatable bonds is 3. The smallest absolute Gasteiger partial charge is 0.140 e. The van der Waals surface area contributed by atoms with Gasteiger partial charge in [-0.2, -0.15) is 0 Å². The number of carbonyl (C=O) groups excluding carboxylic acids is 1. The molecule has 2 aliphatic rings. The van der Waals surface area contributed by atoms with Gasteiger partial charge in [0.1, 0.15) is 5.78 Å². The second kappa shape index (κ2) is 5.05. The molecular formula is C11H19NO3. The molecule has 2 fully saturated rings. The van der Waals surface area contributed by atoms with E-state index in [1.54, 1.807) is 0 Å². The quantitative estimate of drug-likeness (QED) is 0.734. The molecular weight excluding hydrogens is 194 g/mol. The molecule has 0 aliphatic carbocycles. The van der Waals surface area contributed by atoms with E-state index >= 15 is 0 Å². The molecule has 2 atom stereocenters. The Morgan fingerprint density at radius 1 is 1.20 bits per heavy atom. The summed E-state index contributed by atoms with van der Waals surface area (Å²) in [7, 11) is 0. The average molecular weight is 213 g/mol. The van der Waals surface area contributed by atoms with Gasteiger partial charge in [0.2, 0.25) is 0 Å². The first-order valence-electron chi connectivity index (χ1n) is 5.71. The van der Waals surface area contributed by atoms with Crippen LogP contribution in [0.25, 0.3) is 0 Å². The highest BCUT2D eigenvalue weighted by Gasteiger charge is 2.32. The highest BCUT2D eigenvalue weighted by molar-refractivity contribution is 5.82. The maximum Gasteiger partial charge on any atom is 0.140 e. The molecule has 0 aromatic rings. The van der Waals surface area contributed by atoms with Crippen molar-refractivity contribution in [2.24, 2.45) is 17.6 Å². The standard InChI is InChI=1S/C11H19NO3/c12-10-7-15-6-9(10)11(13)5-8-1-3-14-4-2-8/h8-10H,1-7,12H2. The topological polar surface area (TPSA) is 61.5 Å². The summed E-state index contributed by atoms with van der Waals surface area (Å²) < 4.78 is 10.5. The lowest BCUT2D eigenvalue weighted by molar-refractivity contribution is -0.124. The lowest BCUT2D eigenvalue weighted by atomic mass is 9.88. The predicted molar refractivity (Wildman–Crippen MR) is 55.5 cm³/mol. The second-order valence-corrected chi connectivity index (χ2v) is 4.53. The van der Waals surface area contributed by atoms with E-state index < -0.39 is 0 Å². The van der Waals surface area contributed by atoms with Crippen molar-refractivity contribution in [2.75, 3.05) is 26.4 Å². The Hall–Kier alpha value is -0.450. The first-order valence-corrected chi connectivity index (χ1v) is 5.71. The molecule has 86 valence electrons. The zero-order valence-electron chi connectivity index (χ0n) is 8.98. The third-order valence-electron chi connectivity index (χ3n) is 3.37. The van der Waals surface area contributed by atoms with Gasteiger partial charge in [0, 0.05) is 25.7 Å². The van der Waals surface area contributed by atoms with Gasteiger partial charge in [0.05, 0.1) is 19.1 Å². The molecule has 0 amide bonds. The molecule has 0 aromatic heterocycles. The Morgan fingerprint density at radius 2 is 1.93 bits per heavy atom. The summed E-state index contributed by atoms with van der Waals surface area (Å²) in [5, 5.41) is 0. The summed E-state index contributed by atoms with van der Waals surface area (Å²) in [6.07, 6.45) is 2.67. The number of nitrogens with two attached hydrogens (primary N) is 1. The van der Waals surface area contributed by atoms with Gasteiger partial charge in [-0.05, 0) is 18.8 Å². The van der Waals surface area contributed by atoms with Crippen molar-refractivity contribution in [3.8, 4) is 0 Å². The Labute approximate surface area is 90.1 Å². The van der Waals surface area contributed by atoms with E-state index in [9.17, 15) is 4.79 Å². The van der Waals surface area contributed by atoms with E-state index in [0.717, 1.165) is 26.1 Å². The van der Waals surface area contributed by atoms with E-state index in [2.05, 4.69) is 0 Å². The predicted octanol–water partition coefficient (Wildman–Crippen LogP) is 0.346. The van der Waals surface area contributed by atoms with Crippen LogP contribution in [0.3, 0.4) is 0 Å². The molecule has 0 aromatic carbocycles. The van der Waals surface area contributed by atoms with E-state index in [0.29, 0.717) is 25.6 Å². The highest BCUT2D eigenvalue weighted by Crippen LogP contribution is 2.23. The fourth-order valence-corrected chi connectivity index (χ4v) is 2.29. The van der Waals surface area contributed by atoms with E-state index in [4.69, 9.17) is 15.2 Å². The van der Waals surface area contributed by atoms with E-state index in [1.807, 2.05) is 0 Å². The molecule has 0 radical (unpaired) electrons. The molecule has 2 rings (SSSR count). The number of hydrogen-bond donors (Lipinski definition) is 1. The minimum Gasteiger partial charge on any atom is -0.381 e. The number of carbonyl (C=O) groups is 1. The van der Waals surface area contributed by atoms with Crippen LogP contribution in [0.2, 0.25) is 0 Å². The van der Waals surface area contributed by atoms with Crippen molar-refractivity contribution in [3.63, 3.8) is 0 Å². The SMILES string of the molecule is NC1COCC1C(=O)CC1CCOCC1. The lowest BCUT2D eigenvalue weighted by Crippen LogP contribution is -2.35. The normalized spacial score (nSPS) is 33.1. The molecule has 4 nitrogen and oxygen atoms in total. The number of Topliss-reactive ketones (excluding diaryl/α,β-unsaturated/α-hetero) is 1. The van der Waals surface area contributed by atoms with Crippen LogP contribution in [0, 0.1) is 11.8 Å². The van der Waals surface area contributed by atoms with Crippen molar-refractivity contribution in [2.45, 2.75) is 25.3 Å². The summed E-state index contributed by atoms with van der Waals surface area (Å²) in [6, 6.07) is -0.0858. The number of hydrogen-bond acceptors (Lipinski definition) is 4. The third-order valence-corrected chi connectivity index (χ3v) is 3.37. The van der Waals surface area contributed by atoms with Crippen LogP contribution in [-0.4, -0.2) is 38.3 Å². The Balaban J connectivity index is 1.80. The van der Waals surface area contributed by atoms with Crippen LogP contribution in [0.15, 0.2) is 0 Å². The van der Waals surface area contributed by atoms with Crippen LogP contribution in [-0.2, 0) is 14.3 Å². The van der Waals surface area contributed by atoms with Crippen LogP contribution >= 0.6 is 0 Å². The van der Waals surface area contributed by atoms with Crippen LogP contribution in [0.4, 0.5) is 0 Å². The van der Waals surface area contributed by atoms with Crippen LogP contribution in [0.5, 0.6) is 0 Å². The average Bonchev–Trinajstić information content (AvgIpc) is 2.66. The molecule has 0 saturated carbocycles. The van der Waals surface area contributed by atoms with Gasteiger partial charge in [-0.1, -0.05) is 0 Å². The summed E-state index contributed by atoms with van der Waals surface area (Å²) in [6.45, 7) is 2.64. The second-order valence-electron chi connectivity index (χ2n) is 4.53. The summed E-state index contributed by atoms with van der Waals surface area (Å²) >= 11 is 0. The molecule has 0 bridgehead atoms. The molecule has 2 saturated heterocycles. The summed E-state index contributed by atoms with van der Waals surface area (Å²) in [5.41, 5.74) is 5.81. The van der Waals surface area contributed by atoms with Gasteiger partial charge in [0.25, 0.3) is 0 Å². The highest BCUT2D eigenvalue weighted by atomic mass is 16.5. The monoisotopic (exact) mass is 213 g/mol. The van der Waals surface area contributed by atoms with Crippen LogP contribution in [0.1, 0.15) is 19.3 Å². The molecule has 2 N–H and O–H groups in total. The van der Waals surface area contributed by atoms with E-state index in [1.165, 1.54) is 0 Å². The molecule has 0 spiro atoms. The van der Waals surface area contributed by atoms with Gasteiger partial charge in [-0.15, -0.1) is 0 Å². The van der Waals surface area contributed by atoms with Gasteiger partial charge >= 0.3 is 0 Å². The molecule has 4 heteroatoms. The van der Waals surface area contributed by atoms with Gasteiger partial charge in [-0.3, -0.25) is 4.79 Å². The summed E-state index contributed by atoms with van der Waals surface area (Å²) in [5.74, 6) is 0.721. The van der Waals surface area contributed by atoms with Gasteiger partial charge in [-0.25, -0.2) is 0 Å². The Morgan fingerprint density at radius 3 is 2.53 bits per heavy atom. The number of ether oxygens (including phenoxy) is 2. The zero-order valence-corrected chi connectivity index (χ0v) is 8.98. The molecule has 2 aliphatic heterocycles. The maximum absolute atomic E-state index is 11.9. The lowest BCUT2D eigenvalue weighted by Gasteiger charge is -2.22. The minimum absolute atomic E-state index is 0.0622. The van der Waals surface area contributed by atoms with E-state index in [-0.39, 0.29) is 17.7 Å². The van der Waals surface area contributed by atoms with Crippen LogP contribution < -0.4 is 5.73 Å². The fraction of sp³-hybridized carbons (Fsp3) is 0.909. The summed E-state index contributed by atoms with van der Waals surface area (Å²) in [4.78, 5) is 11.9. The maximum atomic E-state index is 11.9. The molecule has 15 heavy (non-hydrogen) atoms. The molecule has 2 heterocycles. The Kier molecular flexibility index (Phi) is 3.72. The number of ketones is 1. The van der Waals surface area contributed by atoms with Crippen molar-refractivity contribution < 1.29 is 14.3 Å². The van der Waals surface area contributed by atoms with Crippen molar-refractivity contribution >= 4 is 5.78 Å². The fourth-order valence-electron chi connectivity index (χ4n) is 2.29. The first kappa shape index (κ1) is 11.0.